The Morgan fingerprint density at radius 1 is 1.31 bits per heavy atom. The van der Waals surface area contributed by atoms with Crippen LogP contribution in [-0.2, 0) is 14.3 Å². The zero-order chi connectivity index (χ0) is 12.0. The fourth-order valence-corrected chi connectivity index (χ4v) is 1.90. The Bertz CT molecular complexity index is 245. The van der Waals surface area contributed by atoms with Crippen LogP contribution in [0.15, 0.2) is 0 Å². The van der Waals surface area contributed by atoms with Gasteiger partial charge in [0.1, 0.15) is 6.42 Å². The summed E-state index contributed by atoms with van der Waals surface area (Å²) in [5, 5.41) is 0. The van der Waals surface area contributed by atoms with E-state index >= 15 is 0 Å². The fourth-order valence-electron chi connectivity index (χ4n) is 1.90. The quantitative estimate of drug-likeness (QED) is 0.523. The maximum atomic E-state index is 11.5. The predicted molar refractivity (Wildman–Crippen MR) is 61.1 cm³/mol. The van der Waals surface area contributed by atoms with Crippen LogP contribution in [0.5, 0.6) is 0 Å². The highest BCUT2D eigenvalue weighted by atomic mass is 16.5. The van der Waals surface area contributed by atoms with Gasteiger partial charge in [-0.25, -0.2) is 0 Å². The van der Waals surface area contributed by atoms with E-state index in [0.717, 1.165) is 31.8 Å². The number of hydrogen-bond acceptors (Lipinski definition) is 4. The molecule has 0 atom stereocenters. The van der Waals surface area contributed by atoms with Crippen molar-refractivity contribution in [2.24, 2.45) is 5.92 Å². The van der Waals surface area contributed by atoms with Gasteiger partial charge >= 0.3 is 5.97 Å². The zero-order valence-electron chi connectivity index (χ0n) is 10.2. The molecule has 4 nitrogen and oxygen atoms in total. The molecule has 0 aromatic heterocycles. The lowest BCUT2D eigenvalue weighted by molar-refractivity contribution is -0.145. The van der Waals surface area contributed by atoms with Crippen LogP contribution in [0.25, 0.3) is 0 Å². The van der Waals surface area contributed by atoms with E-state index in [2.05, 4.69) is 11.8 Å². The largest absolute Gasteiger partial charge is 0.466 e. The molecule has 4 heteroatoms. The van der Waals surface area contributed by atoms with Crippen molar-refractivity contribution in [1.82, 2.24) is 4.90 Å². The summed E-state index contributed by atoms with van der Waals surface area (Å²) in [5.41, 5.74) is 0. The minimum absolute atomic E-state index is 0.0343. The van der Waals surface area contributed by atoms with Gasteiger partial charge in [-0.1, -0.05) is 6.92 Å². The number of likely N-dealkylation sites (tertiary alicyclic amines) is 1. The van der Waals surface area contributed by atoms with E-state index in [-0.39, 0.29) is 12.2 Å². The van der Waals surface area contributed by atoms with Crippen LogP contribution < -0.4 is 0 Å². The molecule has 1 aliphatic heterocycles. The molecule has 1 heterocycles. The Kier molecular flexibility index (Phi) is 5.46. The Labute approximate surface area is 96.9 Å². The SMILES string of the molecule is CCOC(=O)CC(=O)CN1CCC(C)CC1. The maximum absolute atomic E-state index is 11.5. The van der Waals surface area contributed by atoms with E-state index in [9.17, 15) is 9.59 Å². The smallest absolute Gasteiger partial charge is 0.313 e. The molecular weight excluding hydrogens is 206 g/mol. The lowest BCUT2D eigenvalue weighted by Crippen LogP contribution is -2.37. The van der Waals surface area contributed by atoms with Gasteiger partial charge in [0.15, 0.2) is 5.78 Å². The van der Waals surface area contributed by atoms with E-state index in [1.165, 1.54) is 0 Å². The molecule has 0 aliphatic carbocycles. The Morgan fingerprint density at radius 2 is 1.94 bits per heavy atom. The Hall–Kier alpha value is -0.900. The molecule has 1 saturated heterocycles. The van der Waals surface area contributed by atoms with Gasteiger partial charge in [-0.15, -0.1) is 0 Å². The highest BCUT2D eigenvalue weighted by Gasteiger charge is 2.19. The highest BCUT2D eigenvalue weighted by Crippen LogP contribution is 2.15. The van der Waals surface area contributed by atoms with Gasteiger partial charge in [-0.2, -0.15) is 0 Å². The van der Waals surface area contributed by atoms with Crippen LogP contribution in [0.4, 0.5) is 0 Å². The molecule has 92 valence electrons. The molecule has 1 aliphatic rings. The second-order valence-electron chi connectivity index (χ2n) is 4.48. The van der Waals surface area contributed by atoms with Crippen LogP contribution in [0.3, 0.4) is 0 Å². The van der Waals surface area contributed by atoms with Crippen molar-refractivity contribution in [3.8, 4) is 0 Å². The fraction of sp³-hybridized carbons (Fsp3) is 0.833. The summed E-state index contributed by atoms with van der Waals surface area (Å²) >= 11 is 0. The molecule has 1 rings (SSSR count). The molecule has 1 fully saturated rings. The molecular formula is C12H21NO3. The topological polar surface area (TPSA) is 46.6 Å². The first-order valence-electron chi connectivity index (χ1n) is 6.01. The molecule has 0 spiro atoms. The second-order valence-corrected chi connectivity index (χ2v) is 4.48. The van der Waals surface area contributed by atoms with Crippen molar-refractivity contribution in [2.45, 2.75) is 33.1 Å². The van der Waals surface area contributed by atoms with Crippen LogP contribution in [0.2, 0.25) is 0 Å². The molecule has 0 bridgehead atoms. The maximum Gasteiger partial charge on any atom is 0.313 e. The lowest BCUT2D eigenvalue weighted by Gasteiger charge is -2.29. The number of nitrogens with zero attached hydrogens (tertiary/aromatic N) is 1. The molecule has 0 saturated carbocycles. The monoisotopic (exact) mass is 227 g/mol. The number of Topliss-reactive ketones (excluding diaryl/α,β-unsaturated/α-hetero) is 1. The summed E-state index contributed by atoms with van der Waals surface area (Å²) in [6.07, 6.45) is 2.21. The predicted octanol–water partition coefficient (Wildman–Crippen LogP) is 1.24. The van der Waals surface area contributed by atoms with Crippen molar-refractivity contribution in [2.75, 3.05) is 26.2 Å². The third kappa shape index (κ3) is 4.75. The van der Waals surface area contributed by atoms with Crippen molar-refractivity contribution in [3.05, 3.63) is 0 Å². The Morgan fingerprint density at radius 3 is 2.50 bits per heavy atom. The van der Waals surface area contributed by atoms with E-state index in [4.69, 9.17) is 4.74 Å². The first-order valence-corrected chi connectivity index (χ1v) is 6.01. The van der Waals surface area contributed by atoms with Crippen LogP contribution in [-0.4, -0.2) is 42.9 Å². The number of esters is 1. The zero-order valence-corrected chi connectivity index (χ0v) is 10.2. The number of piperidine rings is 1. The summed E-state index contributed by atoms with van der Waals surface area (Å²) in [4.78, 5) is 24.7. The summed E-state index contributed by atoms with van der Waals surface area (Å²) < 4.78 is 4.74. The molecule has 0 radical (unpaired) electrons. The van der Waals surface area contributed by atoms with Crippen LogP contribution in [0, 0.1) is 5.92 Å². The minimum atomic E-state index is -0.405. The van der Waals surface area contributed by atoms with Crippen molar-refractivity contribution < 1.29 is 14.3 Å². The molecule has 0 unspecified atom stereocenters. The average Bonchev–Trinajstić information content (AvgIpc) is 2.21. The highest BCUT2D eigenvalue weighted by molar-refractivity contribution is 5.96. The standard InChI is InChI=1S/C12H21NO3/c1-3-16-12(15)8-11(14)9-13-6-4-10(2)5-7-13/h10H,3-9H2,1-2H3. The van der Waals surface area contributed by atoms with Crippen molar-refractivity contribution in [1.29, 1.82) is 0 Å². The van der Waals surface area contributed by atoms with Gasteiger partial charge in [0.2, 0.25) is 0 Å². The first-order chi connectivity index (χ1) is 7.61. The summed E-state index contributed by atoms with van der Waals surface area (Å²) in [7, 11) is 0. The normalized spacial score (nSPS) is 18.4. The summed E-state index contributed by atoms with van der Waals surface area (Å²) in [6.45, 7) is 6.65. The molecule has 0 N–H and O–H groups in total. The van der Waals surface area contributed by atoms with Gasteiger partial charge in [-0.3, -0.25) is 14.5 Å². The van der Waals surface area contributed by atoms with Crippen molar-refractivity contribution in [3.63, 3.8) is 0 Å². The van der Waals surface area contributed by atoms with Crippen molar-refractivity contribution >= 4 is 11.8 Å². The number of carbonyl (C=O) groups is 2. The summed E-state index contributed by atoms with van der Waals surface area (Å²) in [5.74, 6) is 0.322. The second kappa shape index (κ2) is 6.63. The third-order valence-electron chi connectivity index (χ3n) is 2.92. The van der Waals surface area contributed by atoms with E-state index in [1.54, 1.807) is 6.92 Å². The number of ether oxygens (including phenoxy) is 1. The van der Waals surface area contributed by atoms with Gasteiger partial charge in [0.05, 0.1) is 13.2 Å². The number of ketones is 1. The van der Waals surface area contributed by atoms with E-state index < -0.39 is 5.97 Å². The first kappa shape index (κ1) is 13.2. The van der Waals surface area contributed by atoms with Gasteiger partial charge in [0.25, 0.3) is 0 Å². The lowest BCUT2D eigenvalue weighted by atomic mass is 9.99. The molecule has 16 heavy (non-hydrogen) atoms. The summed E-state index contributed by atoms with van der Waals surface area (Å²) in [6, 6.07) is 0. The average molecular weight is 227 g/mol. The van der Waals surface area contributed by atoms with Gasteiger partial charge in [0, 0.05) is 0 Å². The van der Waals surface area contributed by atoms with Crippen LogP contribution in [0.1, 0.15) is 33.1 Å². The van der Waals surface area contributed by atoms with Gasteiger partial charge < -0.3 is 4.74 Å². The minimum Gasteiger partial charge on any atom is -0.466 e. The number of hydrogen-bond donors (Lipinski definition) is 0. The number of rotatable bonds is 5. The van der Waals surface area contributed by atoms with E-state index in [0.29, 0.717) is 13.2 Å². The number of carbonyl (C=O) groups excluding carboxylic acids is 2. The van der Waals surface area contributed by atoms with E-state index in [1.807, 2.05) is 0 Å². The van der Waals surface area contributed by atoms with Crippen LogP contribution >= 0.6 is 0 Å². The molecule has 0 aromatic carbocycles. The molecule has 0 amide bonds. The third-order valence-corrected chi connectivity index (χ3v) is 2.92. The van der Waals surface area contributed by atoms with Gasteiger partial charge in [-0.05, 0) is 38.8 Å². The molecule has 0 aromatic rings. The Balaban J connectivity index is 2.21.